The zero-order valence-corrected chi connectivity index (χ0v) is 13.8. The summed E-state index contributed by atoms with van der Waals surface area (Å²) in [5, 5.41) is 4.75. The van der Waals surface area contributed by atoms with E-state index in [1.54, 1.807) is 0 Å². The van der Waals surface area contributed by atoms with Gasteiger partial charge in [-0.15, -0.1) is 0 Å². The van der Waals surface area contributed by atoms with Crippen molar-refractivity contribution in [1.82, 2.24) is 15.3 Å². The molecule has 0 bridgehead atoms. The summed E-state index contributed by atoms with van der Waals surface area (Å²) in [4.78, 5) is 8.03. The molecule has 1 aliphatic rings. The first kappa shape index (κ1) is 14.5. The third-order valence-corrected chi connectivity index (χ3v) is 4.85. The molecule has 0 atom stereocenters. The van der Waals surface area contributed by atoms with Crippen molar-refractivity contribution in [1.29, 1.82) is 0 Å². The van der Waals surface area contributed by atoms with Gasteiger partial charge in [0.05, 0.1) is 0 Å². The Kier molecular flexibility index (Phi) is 3.66. The number of nitrogens with zero attached hydrogens (tertiary/aromatic N) is 1. The average molecular weight is 305 g/mol. The van der Waals surface area contributed by atoms with Gasteiger partial charge in [0.1, 0.15) is 0 Å². The molecular weight excluding hydrogens is 282 g/mol. The summed E-state index contributed by atoms with van der Waals surface area (Å²) >= 11 is 0. The number of pyridine rings is 1. The van der Waals surface area contributed by atoms with Gasteiger partial charge in [-0.1, -0.05) is 6.07 Å². The van der Waals surface area contributed by atoms with Gasteiger partial charge in [0.15, 0.2) is 0 Å². The molecule has 1 saturated heterocycles. The number of nitrogens with one attached hydrogen (secondary N) is 2. The predicted molar refractivity (Wildman–Crippen MR) is 95.8 cm³/mol. The van der Waals surface area contributed by atoms with E-state index in [1.807, 2.05) is 13.8 Å². The van der Waals surface area contributed by atoms with Crippen LogP contribution in [0.25, 0.3) is 22.2 Å². The number of benzene rings is 1. The van der Waals surface area contributed by atoms with Crippen LogP contribution in [0.1, 0.15) is 35.7 Å². The number of hydrogen-bond donors (Lipinski definition) is 2. The van der Waals surface area contributed by atoms with Gasteiger partial charge < -0.3 is 10.3 Å². The molecule has 3 aromatic rings. The highest BCUT2D eigenvalue weighted by molar-refractivity contribution is 5.86. The van der Waals surface area contributed by atoms with Crippen molar-refractivity contribution < 1.29 is 0 Å². The Balaban J connectivity index is 1.72. The number of piperidine rings is 1. The van der Waals surface area contributed by atoms with Gasteiger partial charge in [0.25, 0.3) is 0 Å². The maximum absolute atomic E-state index is 4.47. The quantitative estimate of drug-likeness (QED) is 0.740. The van der Waals surface area contributed by atoms with Crippen LogP contribution in [0.2, 0.25) is 0 Å². The monoisotopic (exact) mass is 305 g/mol. The standard InChI is InChI=1S/C20H23N3/c1-13-9-17(10-14(2)22-13)20-12-18-11-16(3-4-19(18)23-20)15-5-7-21-8-6-15/h3-4,9-12,15,21,23H,5-8H2,1-2H3. The fourth-order valence-electron chi connectivity index (χ4n) is 3.71. The van der Waals surface area contributed by atoms with E-state index in [0.29, 0.717) is 5.92 Å². The van der Waals surface area contributed by atoms with Crippen LogP contribution in [0.4, 0.5) is 0 Å². The molecule has 0 aliphatic carbocycles. The lowest BCUT2D eigenvalue weighted by Gasteiger charge is -2.22. The second-order valence-corrected chi connectivity index (χ2v) is 6.69. The van der Waals surface area contributed by atoms with Crippen molar-refractivity contribution >= 4 is 10.9 Å². The summed E-state index contributed by atoms with van der Waals surface area (Å²) in [6.45, 7) is 6.37. The lowest BCUT2D eigenvalue weighted by molar-refractivity contribution is 0.460. The molecule has 23 heavy (non-hydrogen) atoms. The second kappa shape index (κ2) is 5.82. The second-order valence-electron chi connectivity index (χ2n) is 6.69. The fourth-order valence-corrected chi connectivity index (χ4v) is 3.71. The minimum atomic E-state index is 0.699. The molecule has 2 N–H and O–H groups in total. The maximum Gasteiger partial charge on any atom is 0.0466 e. The van der Waals surface area contributed by atoms with Crippen molar-refractivity contribution in [3.63, 3.8) is 0 Å². The Morgan fingerprint density at radius 3 is 2.43 bits per heavy atom. The van der Waals surface area contributed by atoms with E-state index in [4.69, 9.17) is 0 Å². The Bertz CT molecular complexity index is 821. The van der Waals surface area contributed by atoms with Gasteiger partial charge in [-0.2, -0.15) is 0 Å². The molecule has 0 radical (unpaired) electrons. The molecule has 1 fully saturated rings. The van der Waals surface area contributed by atoms with Gasteiger partial charge in [-0.3, -0.25) is 4.98 Å². The summed E-state index contributed by atoms with van der Waals surface area (Å²) in [6.07, 6.45) is 2.48. The summed E-state index contributed by atoms with van der Waals surface area (Å²) in [6, 6.07) is 13.5. The molecule has 0 unspecified atom stereocenters. The van der Waals surface area contributed by atoms with Crippen molar-refractivity contribution in [3.8, 4) is 11.3 Å². The van der Waals surface area contributed by atoms with Gasteiger partial charge in [0, 0.05) is 33.5 Å². The fraction of sp³-hybridized carbons (Fsp3) is 0.350. The summed E-state index contributed by atoms with van der Waals surface area (Å²) in [5.41, 5.74) is 7.21. The first-order valence-corrected chi connectivity index (χ1v) is 8.48. The normalized spacial score (nSPS) is 16.1. The summed E-state index contributed by atoms with van der Waals surface area (Å²) in [5.74, 6) is 0.699. The van der Waals surface area contributed by atoms with Crippen LogP contribution < -0.4 is 5.32 Å². The summed E-state index contributed by atoms with van der Waals surface area (Å²) < 4.78 is 0. The van der Waals surface area contributed by atoms with Crippen LogP contribution in [-0.4, -0.2) is 23.1 Å². The largest absolute Gasteiger partial charge is 0.355 e. The van der Waals surface area contributed by atoms with E-state index in [0.717, 1.165) is 24.5 Å². The molecule has 4 rings (SSSR count). The number of aromatic amines is 1. The Morgan fingerprint density at radius 2 is 1.70 bits per heavy atom. The lowest BCUT2D eigenvalue weighted by atomic mass is 9.90. The highest BCUT2D eigenvalue weighted by Gasteiger charge is 2.16. The molecule has 1 aromatic carbocycles. The minimum absolute atomic E-state index is 0.699. The number of aromatic nitrogens is 2. The highest BCUT2D eigenvalue weighted by atomic mass is 14.9. The molecule has 3 heteroatoms. The molecule has 118 valence electrons. The maximum atomic E-state index is 4.47. The third kappa shape index (κ3) is 2.89. The Hall–Kier alpha value is -2.13. The molecule has 0 spiro atoms. The lowest BCUT2D eigenvalue weighted by Crippen LogP contribution is -2.26. The number of fused-ring (bicyclic) bond motifs is 1. The van der Waals surface area contributed by atoms with E-state index in [1.165, 1.54) is 40.6 Å². The van der Waals surface area contributed by atoms with Crippen LogP contribution in [0.5, 0.6) is 0 Å². The van der Waals surface area contributed by atoms with Crippen molar-refractivity contribution in [2.24, 2.45) is 0 Å². The Labute approximate surface area is 137 Å². The van der Waals surface area contributed by atoms with E-state index >= 15 is 0 Å². The predicted octanol–water partition coefficient (Wildman–Crippen LogP) is 4.31. The van der Waals surface area contributed by atoms with E-state index < -0.39 is 0 Å². The SMILES string of the molecule is Cc1cc(-c2cc3cc(C4CCNCC4)ccc3[nH]2)cc(C)n1. The molecule has 3 heterocycles. The molecular formula is C20H23N3. The summed E-state index contributed by atoms with van der Waals surface area (Å²) in [7, 11) is 0. The molecule has 0 amide bonds. The van der Waals surface area contributed by atoms with E-state index in [2.05, 4.69) is 51.7 Å². The van der Waals surface area contributed by atoms with Crippen LogP contribution in [-0.2, 0) is 0 Å². The van der Waals surface area contributed by atoms with Crippen LogP contribution in [0.15, 0.2) is 36.4 Å². The zero-order valence-electron chi connectivity index (χ0n) is 13.8. The number of aryl methyl sites for hydroxylation is 2. The molecule has 3 nitrogen and oxygen atoms in total. The number of H-pyrrole nitrogens is 1. The van der Waals surface area contributed by atoms with Crippen LogP contribution in [0, 0.1) is 13.8 Å². The van der Waals surface area contributed by atoms with Crippen molar-refractivity contribution in [3.05, 3.63) is 53.3 Å². The average Bonchev–Trinajstić information content (AvgIpc) is 2.98. The Morgan fingerprint density at radius 1 is 0.957 bits per heavy atom. The first-order chi connectivity index (χ1) is 11.2. The van der Waals surface area contributed by atoms with Crippen LogP contribution >= 0.6 is 0 Å². The highest BCUT2D eigenvalue weighted by Crippen LogP contribution is 2.30. The van der Waals surface area contributed by atoms with Gasteiger partial charge in [-0.25, -0.2) is 0 Å². The van der Waals surface area contributed by atoms with Crippen LogP contribution in [0.3, 0.4) is 0 Å². The smallest absolute Gasteiger partial charge is 0.0466 e. The third-order valence-electron chi connectivity index (χ3n) is 4.85. The van der Waals surface area contributed by atoms with Gasteiger partial charge in [0.2, 0.25) is 0 Å². The van der Waals surface area contributed by atoms with Gasteiger partial charge >= 0.3 is 0 Å². The molecule has 0 saturated carbocycles. The molecule has 1 aliphatic heterocycles. The molecule has 2 aromatic heterocycles. The van der Waals surface area contributed by atoms with Gasteiger partial charge in [-0.05, 0) is 81.6 Å². The zero-order chi connectivity index (χ0) is 15.8. The topological polar surface area (TPSA) is 40.7 Å². The first-order valence-electron chi connectivity index (χ1n) is 8.48. The van der Waals surface area contributed by atoms with E-state index in [9.17, 15) is 0 Å². The van der Waals surface area contributed by atoms with Crippen molar-refractivity contribution in [2.75, 3.05) is 13.1 Å². The van der Waals surface area contributed by atoms with E-state index in [-0.39, 0.29) is 0 Å². The minimum Gasteiger partial charge on any atom is -0.355 e. The van der Waals surface area contributed by atoms with Crippen molar-refractivity contribution in [2.45, 2.75) is 32.6 Å². The number of rotatable bonds is 2. The number of hydrogen-bond acceptors (Lipinski definition) is 2.